The molecule has 1 N–H and O–H groups in total. The van der Waals surface area contributed by atoms with Crippen LogP contribution in [0.5, 0.6) is 11.5 Å². The summed E-state index contributed by atoms with van der Waals surface area (Å²) in [6.07, 6.45) is 2.49. The first-order valence-corrected chi connectivity index (χ1v) is 8.69. The van der Waals surface area contributed by atoms with Gasteiger partial charge in [-0.05, 0) is 65.4 Å². The van der Waals surface area contributed by atoms with Crippen molar-refractivity contribution in [2.45, 2.75) is 13.3 Å². The molecule has 6 heteroatoms. The van der Waals surface area contributed by atoms with Gasteiger partial charge in [-0.2, -0.15) is 5.10 Å². The fourth-order valence-corrected chi connectivity index (χ4v) is 2.18. The zero-order chi connectivity index (χ0) is 17.2. The first-order chi connectivity index (χ1) is 11.7. The molecule has 0 saturated carbocycles. The van der Waals surface area contributed by atoms with Crippen LogP contribution in [-0.2, 0) is 4.79 Å². The van der Waals surface area contributed by atoms with Crippen LogP contribution in [-0.4, -0.2) is 25.3 Å². The summed E-state index contributed by atoms with van der Waals surface area (Å²) in [6.45, 7) is 2.59. The van der Waals surface area contributed by atoms with Gasteiger partial charge in [-0.3, -0.25) is 4.79 Å². The summed E-state index contributed by atoms with van der Waals surface area (Å²) in [4.78, 5) is 11.7. The molecular formula is C18H19IN2O3. The molecule has 0 bridgehead atoms. The Morgan fingerprint density at radius 3 is 2.67 bits per heavy atom. The lowest BCUT2D eigenvalue weighted by atomic mass is 10.2. The van der Waals surface area contributed by atoms with Gasteiger partial charge in [0.1, 0.15) is 11.5 Å². The molecule has 126 valence electrons. The van der Waals surface area contributed by atoms with Gasteiger partial charge in [0.25, 0.3) is 5.91 Å². The molecule has 0 unspecified atom stereocenters. The molecule has 0 aliphatic carbocycles. The smallest absolute Gasteiger partial charge is 0.277 e. The van der Waals surface area contributed by atoms with E-state index in [9.17, 15) is 4.79 Å². The Morgan fingerprint density at radius 2 is 1.92 bits per heavy atom. The Morgan fingerprint density at radius 1 is 1.17 bits per heavy atom. The fraction of sp³-hybridized carbons (Fsp3) is 0.222. The van der Waals surface area contributed by atoms with E-state index < -0.39 is 0 Å². The van der Waals surface area contributed by atoms with Crippen molar-refractivity contribution in [3.05, 3.63) is 57.7 Å². The number of rotatable bonds is 8. The quantitative estimate of drug-likeness (QED) is 0.389. The summed E-state index contributed by atoms with van der Waals surface area (Å²) < 4.78 is 12.1. The van der Waals surface area contributed by atoms with Crippen molar-refractivity contribution in [3.63, 3.8) is 0 Å². The van der Waals surface area contributed by atoms with Crippen LogP contribution in [0.15, 0.2) is 53.6 Å². The largest absolute Gasteiger partial charge is 0.493 e. The highest BCUT2D eigenvalue weighted by Gasteiger charge is 2.03. The molecule has 0 aliphatic rings. The Balaban J connectivity index is 1.82. The normalized spacial score (nSPS) is 10.6. The van der Waals surface area contributed by atoms with Gasteiger partial charge in [0, 0.05) is 9.13 Å². The Labute approximate surface area is 155 Å². The van der Waals surface area contributed by atoms with Crippen LogP contribution < -0.4 is 14.9 Å². The van der Waals surface area contributed by atoms with Gasteiger partial charge in [-0.25, -0.2) is 5.43 Å². The number of hydrazone groups is 1. The summed E-state index contributed by atoms with van der Waals surface area (Å²) in [7, 11) is 0. The molecule has 2 aromatic rings. The minimum atomic E-state index is -0.322. The van der Waals surface area contributed by atoms with Crippen LogP contribution in [0.4, 0.5) is 0 Å². The molecular weight excluding hydrogens is 419 g/mol. The zero-order valence-corrected chi connectivity index (χ0v) is 15.5. The van der Waals surface area contributed by atoms with Crippen molar-refractivity contribution in [2.75, 3.05) is 13.2 Å². The number of para-hydroxylation sites is 1. The molecule has 0 radical (unpaired) electrons. The molecule has 0 fully saturated rings. The number of hydrogen-bond donors (Lipinski definition) is 1. The molecule has 2 rings (SSSR count). The van der Waals surface area contributed by atoms with E-state index in [4.69, 9.17) is 9.47 Å². The van der Waals surface area contributed by atoms with E-state index in [0.29, 0.717) is 12.4 Å². The lowest BCUT2D eigenvalue weighted by Gasteiger charge is -2.07. The molecule has 24 heavy (non-hydrogen) atoms. The van der Waals surface area contributed by atoms with Crippen LogP contribution in [0.3, 0.4) is 0 Å². The summed E-state index contributed by atoms with van der Waals surface area (Å²) in [5, 5.41) is 3.95. The highest BCUT2D eigenvalue weighted by atomic mass is 127. The predicted octanol–water partition coefficient (Wildman–Crippen LogP) is 3.61. The SMILES string of the molecule is CCCOc1ccccc1C=NNC(=O)COc1ccc(I)cc1. The van der Waals surface area contributed by atoms with Crippen molar-refractivity contribution >= 4 is 34.7 Å². The topological polar surface area (TPSA) is 59.9 Å². The average Bonchev–Trinajstić information content (AvgIpc) is 2.60. The maximum absolute atomic E-state index is 11.7. The van der Waals surface area contributed by atoms with Gasteiger partial charge in [-0.1, -0.05) is 19.1 Å². The van der Waals surface area contributed by atoms with Crippen molar-refractivity contribution < 1.29 is 14.3 Å². The molecule has 0 aliphatic heterocycles. The van der Waals surface area contributed by atoms with Crippen molar-refractivity contribution in [2.24, 2.45) is 5.10 Å². The highest BCUT2D eigenvalue weighted by Crippen LogP contribution is 2.16. The van der Waals surface area contributed by atoms with Crippen LogP contribution in [0.25, 0.3) is 0 Å². The minimum absolute atomic E-state index is 0.0914. The number of benzene rings is 2. The van der Waals surface area contributed by atoms with Crippen LogP contribution >= 0.6 is 22.6 Å². The molecule has 0 heterocycles. The second-order valence-electron chi connectivity index (χ2n) is 4.92. The lowest BCUT2D eigenvalue weighted by Crippen LogP contribution is -2.24. The third-order valence-corrected chi connectivity index (χ3v) is 3.68. The molecule has 1 amide bonds. The van der Waals surface area contributed by atoms with E-state index in [2.05, 4.69) is 33.1 Å². The number of halogens is 1. The number of ether oxygens (including phenoxy) is 2. The summed E-state index contributed by atoms with van der Waals surface area (Å²) in [5.74, 6) is 1.07. The van der Waals surface area contributed by atoms with Crippen molar-refractivity contribution in [3.8, 4) is 11.5 Å². The molecule has 5 nitrogen and oxygen atoms in total. The maximum Gasteiger partial charge on any atom is 0.277 e. The highest BCUT2D eigenvalue weighted by molar-refractivity contribution is 14.1. The van der Waals surface area contributed by atoms with Gasteiger partial charge >= 0.3 is 0 Å². The number of nitrogens with zero attached hydrogens (tertiary/aromatic N) is 1. The van der Waals surface area contributed by atoms with Gasteiger partial charge in [0.05, 0.1) is 12.8 Å². The van der Waals surface area contributed by atoms with E-state index in [1.54, 1.807) is 6.21 Å². The number of amides is 1. The van der Waals surface area contributed by atoms with Crippen molar-refractivity contribution in [1.29, 1.82) is 0 Å². The van der Waals surface area contributed by atoms with Crippen LogP contribution in [0, 0.1) is 3.57 Å². The van der Waals surface area contributed by atoms with E-state index in [-0.39, 0.29) is 12.5 Å². The first kappa shape index (κ1) is 18.3. The molecule has 0 saturated heterocycles. The number of carbonyl (C=O) groups excluding carboxylic acids is 1. The Hall–Kier alpha value is -2.09. The second-order valence-corrected chi connectivity index (χ2v) is 6.17. The molecule has 0 aromatic heterocycles. The van der Waals surface area contributed by atoms with Crippen LogP contribution in [0.2, 0.25) is 0 Å². The monoisotopic (exact) mass is 438 g/mol. The second kappa shape index (κ2) is 9.92. The fourth-order valence-electron chi connectivity index (χ4n) is 1.82. The maximum atomic E-state index is 11.7. The van der Waals surface area contributed by atoms with Gasteiger partial charge in [0.15, 0.2) is 6.61 Å². The Kier molecular flexibility index (Phi) is 7.54. The molecule has 0 atom stereocenters. The lowest BCUT2D eigenvalue weighted by molar-refractivity contribution is -0.123. The van der Waals surface area contributed by atoms with Crippen molar-refractivity contribution in [1.82, 2.24) is 5.43 Å². The van der Waals surface area contributed by atoms with E-state index in [1.165, 1.54) is 0 Å². The van der Waals surface area contributed by atoms with Crippen LogP contribution in [0.1, 0.15) is 18.9 Å². The number of hydrogen-bond acceptors (Lipinski definition) is 4. The zero-order valence-electron chi connectivity index (χ0n) is 13.4. The van der Waals surface area contributed by atoms with E-state index in [0.717, 1.165) is 21.3 Å². The summed E-state index contributed by atoms with van der Waals surface area (Å²) in [6, 6.07) is 15.0. The van der Waals surface area contributed by atoms with Gasteiger partial charge < -0.3 is 9.47 Å². The predicted molar refractivity (Wildman–Crippen MR) is 103 cm³/mol. The third kappa shape index (κ3) is 6.19. The molecule has 0 spiro atoms. The van der Waals surface area contributed by atoms with E-state index in [1.807, 2.05) is 55.5 Å². The third-order valence-electron chi connectivity index (χ3n) is 2.96. The standard InChI is InChI=1S/C18H19IN2O3/c1-2-11-23-17-6-4-3-5-14(17)12-20-21-18(22)13-24-16-9-7-15(19)8-10-16/h3-10,12H,2,11,13H2,1H3,(H,21,22). The average molecular weight is 438 g/mol. The summed E-state index contributed by atoms with van der Waals surface area (Å²) in [5.41, 5.74) is 3.25. The molecule has 2 aromatic carbocycles. The number of nitrogens with one attached hydrogen (secondary N) is 1. The summed E-state index contributed by atoms with van der Waals surface area (Å²) >= 11 is 2.21. The van der Waals surface area contributed by atoms with Gasteiger partial charge in [-0.15, -0.1) is 0 Å². The minimum Gasteiger partial charge on any atom is -0.493 e. The first-order valence-electron chi connectivity index (χ1n) is 7.61. The van der Waals surface area contributed by atoms with Gasteiger partial charge in [0.2, 0.25) is 0 Å². The Bertz CT molecular complexity index is 687. The number of carbonyl (C=O) groups is 1. The van der Waals surface area contributed by atoms with E-state index >= 15 is 0 Å².